The molecule has 0 atom stereocenters. The fourth-order valence-corrected chi connectivity index (χ4v) is 1.57. The molecule has 0 saturated heterocycles. The van der Waals surface area contributed by atoms with Crippen molar-refractivity contribution in [3.05, 3.63) is 49.0 Å². The van der Waals surface area contributed by atoms with Gasteiger partial charge in [-0.2, -0.15) is 0 Å². The van der Waals surface area contributed by atoms with E-state index in [0.717, 1.165) is 18.8 Å². The van der Waals surface area contributed by atoms with Gasteiger partial charge in [0.2, 0.25) is 5.76 Å². The average molecular weight is 236 g/mol. The van der Waals surface area contributed by atoms with Crippen molar-refractivity contribution in [3.8, 4) is 0 Å². The Morgan fingerprint density at radius 2 is 2.06 bits per heavy atom. The van der Waals surface area contributed by atoms with E-state index in [9.17, 15) is 4.79 Å². The Hall–Kier alpha value is -1.81. The fraction of sp³-hybridized carbons (Fsp3) is 0.308. The second-order valence-electron chi connectivity index (χ2n) is 3.67. The molecular formula is C13H18NO3+. The summed E-state index contributed by atoms with van der Waals surface area (Å²) in [5.41, 5.74) is 0. The van der Waals surface area contributed by atoms with Gasteiger partial charge in [0.15, 0.2) is 5.76 Å². The topological polar surface area (TPSA) is 43.9 Å². The summed E-state index contributed by atoms with van der Waals surface area (Å²) in [5, 5.41) is 0. The lowest BCUT2D eigenvalue weighted by Crippen LogP contribution is -3.10. The van der Waals surface area contributed by atoms with Crippen LogP contribution < -0.4 is 4.90 Å². The zero-order valence-corrected chi connectivity index (χ0v) is 10.1. The number of hydrogen-bond acceptors (Lipinski definition) is 3. The molecule has 0 spiro atoms. The summed E-state index contributed by atoms with van der Waals surface area (Å²) in [4.78, 5) is 12.5. The Morgan fingerprint density at radius 3 is 2.59 bits per heavy atom. The van der Waals surface area contributed by atoms with Crippen LogP contribution >= 0.6 is 0 Å². The molecule has 4 heteroatoms. The van der Waals surface area contributed by atoms with Gasteiger partial charge in [0.05, 0.1) is 20.2 Å². The van der Waals surface area contributed by atoms with Gasteiger partial charge in [-0.3, -0.25) is 0 Å². The minimum atomic E-state index is -0.453. The zero-order valence-electron chi connectivity index (χ0n) is 10.1. The maximum Gasteiger partial charge on any atom is 0.373 e. The smallest absolute Gasteiger partial charge is 0.373 e. The lowest BCUT2D eigenvalue weighted by atomic mass is 10.3. The van der Waals surface area contributed by atoms with Crippen LogP contribution in [0.2, 0.25) is 0 Å². The summed E-state index contributed by atoms with van der Waals surface area (Å²) < 4.78 is 9.97. The second-order valence-corrected chi connectivity index (χ2v) is 3.67. The Morgan fingerprint density at radius 1 is 1.41 bits per heavy atom. The Labute approximate surface area is 101 Å². The first kappa shape index (κ1) is 13.3. The minimum absolute atomic E-state index is 0.235. The normalized spacial score (nSPS) is 10.2. The Bertz CT molecular complexity index is 385. The molecular weight excluding hydrogens is 218 g/mol. The van der Waals surface area contributed by atoms with Gasteiger partial charge >= 0.3 is 5.97 Å². The summed E-state index contributed by atoms with van der Waals surface area (Å²) in [6, 6.07) is 3.42. The van der Waals surface area contributed by atoms with E-state index in [1.165, 1.54) is 12.0 Å². The predicted molar refractivity (Wildman–Crippen MR) is 64.8 cm³/mol. The van der Waals surface area contributed by atoms with Crippen LogP contribution in [0.5, 0.6) is 0 Å². The summed E-state index contributed by atoms with van der Waals surface area (Å²) in [6.45, 7) is 9.75. The highest BCUT2D eigenvalue weighted by Crippen LogP contribution is 2.07. The SMILES string of the molecule is C=CC[NH+](CC=C)Cc1ccc(C(=O)OC)o1. The number of carbonyl (C=O) groups excluding carboxylic acids is 1. The minimum Gasteiger partial charge on any atom is -0.463 e. The molecule has 1 aromatic heterocycles. The van der Waals surface area contributed by atoms with Gasteiger partial charge in [-0.1, -0.05) is 13.2 Å². The predicted octanol–water partition coefficient (Wildman–Crippen LogP) is 0.823. The maximum atomic E-state index is 11.2. The average Bonchev–Trinajstić information content (AvgIpc) is 2.77. The summed E-state index contributed by atoms with van der Waals surface area (Å²) in [7, 11) is 1.33. The zero-order chi connectivity index (χ0) is 12.7. The van der Waals surface area contributed by atoms with Crippen LogP contribution in [-0.4, -0.2) is 26.2 Å². The number of methoxy groups -OCH3 is 1. The molecule has 1 heterocycles. The van der Waals surface area contributed by atoms with Crippen LogP contribution in [0.15, 0.2) is 41.9 Å². The Kier molecular flexibility index (Phi) is 5.23. The fourth-order valence-electron chi connectivity index (χ4n) is 1.57. The molecule has 0 saturated carbocycles. The molecule has 92 valence electrons. The van der Waals surface area contributed by atoms with Gasteiger partial charge in [-0.05, 0) is 24.3 Å². The molecule has 1 aromatic rings. The molecule has 0 radical (unpaired) electrons. The standard InChI is InChI=1S/C13H17NO3/c1-4-8-14(9-5-2)10-11-6-7-12(17-11)13(15)16-3/h4-7H,1-2,8-10H2,3H3/p+1. The molecule has 17 heavy (non-hydrogen) atoms. The molecule has 1 N–H and O–H groups in total. The van der Waals surface area contributed by atoms with Crippen molar-refractivity contribution in [2.45, 2.75) is 6.54 Å². The summed E-state index contributed by atoms with van der Waals surface area (Å²) in [6.07, 6.45) is 3.70. The third-order valence-corrected chi connectivity index (χ3v) is 2.34. The Balaban J connectivity index is 2.66. The molecule has 0 amide bonds. The third kappa shape index (κ3) is 3.92. The van der Waals surface area contributed by atoms with Crippen molar-refractivity contribution < 1.29 is 18.8 Å². The van der Waals surface area contributed by atoms with Crippen LogP contribution in [-0.2, 0) is 11.3 Å². The van der Waals surface area contributed by atoms with E-state index in [2.05, 4.69) is 17.9 Å². The van der Waals surface area contributed by atoms with Crippen molar-refractivity contribution in [2.24, 2.45) is 0 Å². The first-order valence-electron chi connectivity index (χ1n) is 5.43. The summed E-state index contributed by atoms with van der Waals surface area (Å²) in [5.74, 6) is 0.536. The van der Waals surface area contributed by atoms with E-state index < -0.39 is 5.97 Å². The highest BCUT2D eigenvalue weighted by Gasteiger charge is 2.14. The van der Waals surface area contributed by atoms with Gasteiger partial charge in [0, 0.05) is 0 Å². The first-order valence-corrected chi connectivity index (χ1v) is 5.43. The van der Waals surface area contributed by atoms with E-state index in [0.29, 0.717) is 6.54 Å². The van der Waals surface area contributed by atoms with Crippen molar-refractivity contribution in [1.29, 1.82) is 0 Å². The highest BCUT2D eigenvalue weighted by molar-refractivity contribution is 5.86. The highest BCUT2D eigenvalue weighted by atomic mass is 16.5. The second kappa shape index (κ2) is 6.70. The first-order chi connectivity index (χ1) is 8.21. The van der Waals surface area contributed by atoms with Crippen LogP contribution in [0.3, 0.4) is 0 Å². The van der Waals surface area contributed by atoms with Crippen LogP contribution in [0.1, 0.15) is 16.3 Å². The molecule has 4 nitrogen and oxygen atoms in total. The van der Waals surface area contributed by atoms with Crippen LogP contribution in [0.4, 0.5) is 0 Å². The van der Waals surface area contributed by atoms with E-state index in [1.54, 1.807) is 12.1 Å². The van der Waals surface area contributed by atoms with Gasteiger partial charge in [-0.15, -0.1) is 0 Å². The summed E-state index contributed by atoms with van der Waals surface area (Å²) >= 11 is 0. The van der Waals surface area contributed by atoms with Crippen molar-refractivity contribution in [1.82, 2.24) is 0 Å². The van der Waals surface area contributed by atoms with E-state index >= 15 is 0 Å². The van der Waals surface area contributed by atoms with Crippen molar-refractivity contribution in [2.75, 3.05) is 20.2 Å². The molecule has 0 aliphatic heterocycles. The number of carbonyl (C=O) groups is 1. The monoisotopic (exact) mass is 236 g/mol. The number of ether oxygens (including phenoxy) is 1. The largest absolute Gasteiger partial charge is 0.463 e. The van der Waals surface area contributed by atoms with Gasteiger partial charge in [-0.25, -0.2) is 4.79 Å². The third-order valence-electron chi connectivity index (χ3n) is 2.34. The molecule has 0 aromatic carbocycles. The number of rotatable bonds is 7. The van der Waals surface area contributed by atoms with Gasteiger partial charge < -0.3 is 14.1 Å². The van der Waals surface area contributed by atoms with Crippen molar-refractivity contribution in [3.63, 3.8) is 0 Å². The number of furan rings is 1. The van der Waals surface area contributed by atoms with E-state index in [4.69, 9.17) is 4.42 Å². The maximum absolute atomic E-state index is 11.2. The molecule has 0 aliphatic rings. The van der Waals surface area contributed by atoms with Gasteiger partial charge in [0.1, 0.15) is 6.54 Å². The van der Waals surface area contributed by atoms with Crippen LogP contribution in [0.25, 0.3) is 0 Å². The molecule has 0 unspecified atom stereocenters. The van der Waals surface area contributed by atoms with Gasteiger partial charge in [0.25, 0.3) is 0 Å². The van der Waals surface area contributed by atoms with Crippen molar-refractivity contribution >= 4 is 5.97 Å². The molecule has 0 bridgehead atoms. The number of hydrogen-bond donors (Lipinski definition) is 1. The van der Waals surface area contributed by atoms with E-state index in [-0.39, 0.29) is 5.76 Å². The number of quaternary nitrogens is 1. The lowest BCUT2D eigenvalue weighted by Gasteiger charge is -2.13. The molecule has 1 rings (SSSR count). The lowest BCUT2D eigenvalue weighted by molar-refractivity contribution is -0.903. The number of nitrogens with one attached hydrogen (secondary N) is 1. The number of esters is 1. The van der Waals surface area contributed by atoms with E-state index in [1.807, 2.05) is 12.2 Å². The molecule has 0 fully saturated rings. The molecule has 0 aliphatic carbocycles. The quantitative estimate of drug-likeness (QED) is 0.563. The van der Waals surface area contributed by atoms with Crippen LogP contribution in [0, 0.1) is 0 Å².